The van der Waals surface area contributed by atoms with Crippen LogP contribution in [-0.4, -0.2) is 85.0 Å². The number of carbonyl (C=O) groups is 3. The average molecular weight is 673 g/mol. The van der Waals surface area contributed by atoms with Gasteiger partial charge in [-0.25, -0.2) is 4.39 Å². The molecular formula is C31H35Cl2F4N5O3. The molecule has 5 rings (SSSR count). The SMILES string of the molecule is CC(C)(C)CC1NC(C(=O)NCCN2CCN(C(=O)C(F)(F)F)CC2)C(c2cccc(Cl)c2)C12C(=O)Nc1cc(Cl)c(F)cc12. The van der Waals surface area contributed by atoms with Crippen molar-refractivity contribution in [2.75, 3.05) is 44.6 Å². The smallest absolute Gasteiger partial charge is 0.353 e. The monoisotopic (exact) mass is 671 g/mol. The second-order valence-electron chi connectivity index (χ2n) is 13.1. The standard InChI is InChI=1S/C31H35Cl2F4N5O3/c1-29(2,3)16-23-30(19-14-21(34)20(33)15-22(19)39-27(30)44)24(17-5-4-6-18(32)13-17)25(40-23)26(43)38-7-8-41-9-11-42(12-10-41)28(45)31(35,36)37/h4-6,13-15,23-25,40H,7-12,16H2,1-3H3,(H,38,43)(H,39,44). The van der Waals surface area contributed by atoms with E-state index in [0.29, 0.717) is 34.8 Å². The molecule has 4 atom stereocenters. The molecule has 244 valence electrons. The van der Waals surface area contributed by atoms with Gasteiger partial charge in [0, 0.05) is 61.9 Å². The Labute approximate surface area is 268 Å². The number of piperazine rings is 1. The molecular weight excluding hydrogens is 637 g/mol. The number of benzene rings is 2. The van der Waals surface area contributed by atoms with Crippen molar-refractivity contribution in [3.63, 3.8) is 0 Å². The molecule has 0 saturated carbocycles. The summed E-state index contributed by atoms with van der Waals surface area (Å²) in [7, 11) is 0. The van der Waals surface area contributed by atoms with Crippen molar-refractivity contribution >= 4 is 46.6 Å². The predicted octanol–water partition coefficient (Wildman–Crippen LogP) is 4.71. The molecule has 14 heteroatoms. The van der Waals surface area contributed by atoms with Crippen LogP contribution in [0.3, 0.4) is 0 Å². The quantitative estimate of drug-likeness (QED) is 0.387. The maximum absolute atomic E-state index is 15.0. The van der Waals surface area contributed by atoms with E-state index in [-0.39, 0.29) is 49.1 Å². The molecule has 2 aromatic carbocycles. The number of amides is 3. The highest BCUT2D eigenvalue weighted by atomic mass is 35.5. The van der Waals surface area contributed by atoms with Crippen LogP contribution in [0, 0.1) is 11.2 Å². The van der Waals surface area contributed by atoms with E-state index in [0.717, 1.165) is 4.90 Å². The number of carbonyl (C=O) groups excluding carboxylic acids is 3. The molecule has 45 heavy (non-hydrogen) atoms. The van der Waals surface area contributed by atoms with E-state index in [1.807, 2.05) is 25.7 Å². The summed E-state index contributed by atoms with van der Waals surface area (Å²) < 4.78 is 53.5. The molecule has 8 nitrogen and oxygen atoms in total. The summed E-state index contributed by atoms with van der Waals surface area (Å²) in [4.78, 5) is 42.4. The Kier molecular flexibility index (Phi) is 9.18. The third-order valence-corrected chi connectivity index (χ3v) is 9.35. The Hall–Kier alpha value is -2.93. The number of hydrogen-bond donors (Lipinski definition) is 3. The van der Waals surface area contributed by atoms with Crippen LogP contribution >= 0.6 is 23.2 Å². The van der Waals surface area contributed by atoms with E-state index in [1.54, 1.807) is 24.3 Å². The summed E-state index contributed by atoms with van der Waals surface area (Å²) in [5.74, 6) is -4.10. The van der Waals surface area contributed by atoms with Crippen molar-refractivity contribution in [1.29, 1.82) is 0 Å². The van der Waals surface area contributed by atoms with E-state index in [4.69, 9.17) is 23.2 Å². The van der Waals surface area contributed by atoms with E-state index >= 15 is 4.39 Å². The fraction of sp³-hybridized carbons (Fsp3) is 0.516. The van der Waals surface area contributed by atoms with Gasteiger partial charge < -0.3 is 20.9 Å². The van der Waals surface area contributed by atoms with Crippen molar-refractivity contribution < 1.29 is 31.9 Å². The van der Waals surface area contributed by atoms with Gasteiger partial charge in [-0.1, -0.05) is 56.1 Å². The zero-order chi connectivity index (χ0) is 32.9. The number of nitrogens with one attached hydrogen (secondary N) is 3. The van der Waals surface area contributed by atoms with Crippen LogP contribution in [0.4, 0.5) is 23.2 Å². The van der Waals surface area contributed by atoms with E-state index < -0.39 is 47.2 Å². The molecule has 3 aliphatic heterocycles. The lowest BCUT2D eigenvalue weighted by molar-refractivity contribution is -0.187. The second-order valence-corrected chi connectivity index (χ2v) is 13.9. The van der Waals surface area contributed by atoms with E-state index in [1.165, 1.54) is 12.1 Å². The molecule has 2 fully saturated rings. The van der Waals surface area contributed by atoms with Gasteiger partial charge in [-0.2, -0.15) is 13.2 Å². The number of nitrogens with zero attached hydrogens (tertiary/aromatic N) is 2. The number of anilines is 1. The molecule has 3 aliphatic rings. The summed E-state index contributed by atoms with van der Waals surface area (Å²) >= 11 is 12.5. The van der Waals surface area contributed by atoms with Gasteiger partial charge >= 0.3 is 12.1 Å². The zero-order valence-corrected chi connectivity index (χ0v) is 26.5. The van der Waals surface area contributed by atoms with Crippen LogP contribution in [0.25, 0.3) is 0 Å². The molecule has 4 unspecified atom stereocenters. The summed E-state index contributed by atoms with van der Waals surface area (Å²) in [6.07, 6.45) is -4.45. The van der Waals surface area contributed by atoms with Gasteiger partial charge in [0.05, 0.1) is 11.1 Å². The van der Waals surface area contributed by atoms with Crippen LogP contribution in [0.15, 0.2) is 36.4 Å². The molecule has 3 heterocycles. The number of hydrogen-bond acceptors (Lipinski definition) is 5. The molecule has 3 amide bonds. The van der Waals surface area contributed by atoms with Crippen LogP contribution in [0.1, 0.15) is 44.2 Å². The molecule has 0 bridgehead atoms. The fourth-order valence-corrected chi connectivity index (χ4v) is 7.30. The Balaban J connectivity index is 1.43. The van der Waals surface area contributed by atoms with Gasteiger partial charge in [0.1, 0.15) is 11.2 Å². The Bertz CT molecular complexity index is 1490. The highest BCUT2D eigenvalue weighted by Crippen LogP contribution is 2.57. The first-order chi connectivity index (χ1) is 21.0. The normalized spacial score (nSPS) is 25.4. The summed E-state index contributed by atoms with van der Waals surface area (Å²) in [5.41, 5.74) is -0.276. The van der Waals surface area contributed by atoms with Crippen LogP contribution in [-0.2, 0) is 19.8 Å². The van der Waals surface area contributed by atoms with Crippen LogP contribution < -0.4 is 16.0 Å². The topological polar surface area (TPSA) is 93.8 Å². The van der Waals surface area contributed by atoms with Crippen molar-refractivity contribution in [3.8, 4) is 0 Å². The predicted molar refractivity (Wildman–Crippen MR) is 163 cm³/mol. The van der Waals surface area contributed by atoms with Gasteiger partial charge in [0.2, 0.25) is 11.8 Å². The van der Waals surface area contributed by atoms with Crippen LogP contribution in [0.2, 0.25) is 10.0 Å². The largest absolute Gasteiger partial charge is 0.471 e. The fourth-order valence-electron chi connectivity index (χ4n) is 6.94. The van der Waals surface area contributed by atoms with Gasteiger partial charge in [0.15, 0.2) is 0 Å². The van der Waals surface area contributed by atoms with Crippen molar-refractivity contribution in [1.82, 2.24) is 20.4 Å². The van der Waals surface area contributed by atoms with Crippen LogP contribution in [0.5, 0.6) is 0 Å². The summed E-state index contributed by atoms with van der Waals surface area (Å²) in [6.45, 7) is 6.89. The molecule has 0 aromatic heterocycles. The minimum atomic E-state index is -4.92. The third kappa shape index (κ3) is 6.52. The molecule has 2 saturated heterocycles. The highest BCUT2D eigenvalue weighted by Gasteiger charge is 2.66. The zero-order valence-electron chi connectivity index (χ0n) is 25.0. The first kappa shape index (κ1) is 33.4. The average Bonchev–Trinajstić information content (AvgIpc) is 3.42. The van der Waals surface area contributed by atoms with Crippen molar-refractivity contribution in [3.05, 3.63) is 63.4 Å². The maximum Gasteiger partial charge on any atom is 0.471 e. The molecule has 0 radical (unpaired) electrons. The minimum absolute atomic E-state index is 0.0700. The lowest BCUT2D eigenvalue weighted by Gasteiger charge is -2.37. The number of fused-ring (bicyclic) bond motifs is 2. The minimum Gasteiger partial charge on any atom is -0.353 e. The van der Waals surface area contributed by atoms with E-state index in [9.17, 15) is 27.6 Å². The van der Waals surface area contributed by atoms with E-state index in [2.05, 4.69) is 16.0 Å². The first-order valence-corrected chi connectivity index (χ1v) is 15.5. The lowest BCUT2D eigenvalue weighted by Crippen LogP contribution is -2.53. The number of rotatable bonds is 6. The van der Waals surface area contributed by atoms with Gasteiger partial charge in [0.25, 0.3) is 0 Å². The molecule has 2 aromatic rings. The Morgan fingerprint density at radius 2 is 1.76 bits per heavy atom. The van der Waals surface area contributed by atoms with Gasteiger partial charge in [-0.15, -0.1) is 0 Å². The number of halogens is 6. The summed E-state index contributed by atoms with van der Waals surface area (Å²) in [6, 6.07) is 8.06. The lowest BCUT2D eigenvalue weighted by atomic mass is 9.62. The molecule has 1 spiro atoms. The highest BCUT2D eigenvalue weighted by molar-refractivity contribution is 6.31. The number of alkyl halides is 3. The summed E-state index contributed by atoms with van der Waals surface area (Å²) in [5, 5.41) is 9.53. The molecule has 0 aliphatic carbocycles. The second kappa shape index (κ2) is 12.4. The van der Waals surface area contributed by atoms with Crippen molar-refractivity contribution in [2.45, 2.75) is 56.8 Å². The first-order valence-electron chi connectivity index (χ1n) is 14.7. The van der Waals surface area contributed by atoms with Gasteiger partial charge in [-0.05, 0) is 47.2 Å². The Morgan fingerprint density at radius 3 is 2.38 bits per heavy atom. The third-order valence-electron chi connectivity index (χ3n) is 8.82. The Morgan fingerprint density at radius 1 is 1.07 bits per heavy atom. The van der Waals surface area contributed by atoms with Gasteiger partial charge in [-0.3, -0.25) is 19.3 Å². The van der Waals surface area contributed by atoms with Crippen molar-refractivity contribution in [2.24, 2.45) is 5.41 Å². The molecule has 3 N–H and O–H groups in total. The maximum atomic E-state index is 15.0.